The number of aliphatic carboxylic acids is 1. The van der Waals surface area contributed by atoms with E-state index in [2.05, 4.69) is 30.6 Å². The van der Waals surface area contributed by atoms with E-state index in [-0.39, 0.29) is 6.03 Å². The average molecular weight is 580 g/mol. The molecular formula is C31H29N7O3S. The van der Waals surface area contributed by atoms with Crippen molar-refractivity contribution in [3.63, 3.8) is 0 Å². The van der Waals surface area contributed by atoms with Crippen LogP contribution in [0.3, 0.4) is 0 Å². The molecule has 1 aliphatic heterocycles. The van der Waals surface area contributed by atoms with Gasteiger partial charge in [0, 0.05) is 49.4 Å². The van der Waals surface area contributed by atoms with Crippen LogP contribution in [0.25, 0.3) is 32.6 Å². The van der Waals surface area contributed by atoms with E-state index < -0.39 is 11.4 Å². The zero-order valence-electron chi connectivity index (χ0n) is 22.9. The number of hydrogen-bond acceptors (Lipinski definition) is 8. The van der Waals surface area contributed by atoms with Crippen LogP contribution in [0.5, 0.6) is 0 Å². The number of carbonyl (C=O) groups is 2. The smallest absolute Gasteiger partial charge is 0.321 e. The fraction of sp³-hybridized carbons (Fsp3) is 0.226. The SMILES string of the molecule is CCNC(=O)Nc1nc2cc(-c3cnc(N4CCC(C(=O)O)(c5ccccc5)CC4)nc3)cc(-c3ccccn3)c2s1. The number of rotatable bonds is 7. The molecule has 0 spiro atoms. The van der Waals surface area contributed by atoms with Crippen molar-refractivity contribution >= 4 is 44.6 Å². The van der Waals surface area contributed by atoms with Crippen molar-refractivity contribution in [3.05, 3.63) is 84.8 Å². The summed E-state index contributed by atoms with van der Waals surface area (Å²) in [5.74, 6) is -0.228. The van der Waals surface area contributed by atoms with Crippen LogP contribution in [0.4, 0.5) is 15.9 Å². The number of aromatic nitrogens is 4. The number of nitrogens with zero attached hydrogens (tertiary/aromatic N) is 5. The number of carboxylic acid groups (broad SMARTS) is 1. The summed E-state index contributed by atoms with van der Waals surface area (Å²) in [6, 6.07) is 18.9. The molecule has 6 rings (SSSR count). The van der Waals surface area contributed by atoms with Crippen molar-refractivity contribution < 1.29 is 14.7 Å². The van der Waals surface area contributed by atoms with Gasteiger partial charge in [-0.2, -0.15) is 0 Å². The maximum atomic E-state index is 12.3. The van der Waals surface area contributed by atoms with Crippen LogP contribution in [0.1, 0.15) is 25.3 Å². The molecular weight excluding hydrogens is 550 g/mol. The maximum absolute atomic E-state index is 12.3. The van der Waals surface area contributed by atoms with Gasteiger partial charge >= 0.3 is 12.0 Å². The molecule has 1 saturated heterocycles. The molecule has 11 heteroatoms. The van der Waals surface area contributed by atoms with Gasteiger partial charge in [0.15, 0.2) is 5.13 Å². The standard InChI is InChI=1S/C31H29N7O3S/c1-2-32-29(41)37-30-36-25-17-20(16-23(26(25)42-30)24-10-6-7-13-33-24)21-18-34-28(35-19-21)38-14-11-31(12-15-38,27(39)40)22-8-4-3-5-9-22/h3-10,13,16-19H,2,11-12,14-15H2,1H3,(H,39,40)(H2,32,36,37,41). The second-order valence-corrected chi connectivity index (χ2v) is 11.1. The lowest BCUT2D eigenvalue weighted by Crippen LogP contribution is -2.47. The van der Waals surface area contributed by atoms with Gasteiger partial charge < -0.3 is 15.3 Å². The van der Waals surface area contributed by atoms with Crippen LogP contribution in [0, 0.1) is 0 Å². The first-order chi connectivity index (χ1) is 20.5. The second-order valence-electron chi connectivity index (χ2n) is 10.1. The van der Waals surface area contributed by atoms with Crippen LogP contribution < -0.4 is 15.5 Å². The van der Waals surface area contributed by atoms with Gasteiger partial charge in [-0.05, 0) is 55.2 Å². The monoisotopic (exact) mass is 579 g/mol. The third-order valence-electron chi connectivity index (χ3n) is 7.60. The number of nitrogens with one attached hydrogen (secondary N) is 2. The van der Waals surface area contributed by atoms with Gasteiger partial charge in [0.1, 0.15) is 0 Å². The summed E-state index contributed by atoms with van der Waals surface area (Å²) in [4.78, 5) is 45.0. The number of thiazole rings is 1. The van der Waals surface area contributed by atoms with Crippen LogP contribution in [-0.4, -0.2) is 56.7 Å². The molecule has 1 fully saturated rings. The predicted octanol–water partition coefficient (Wildman–Crippen LogP) is 5.58. The molecule has 0 radical (unpaired) electrons. The molecule has 0 atom stereocenters. The van der Waals surface area contributed by atoms with Gasteiger partial charge in [-0.3, -0.25) is 15.1 Å². The van der Waals surface area contributed by atoms with Gasteiger partial charge in [-0.25, -0.2) is 19.7 Å². The fourth-order valence-electron chi connectivity index (χ4n) is 5.37. The van der Waals surface area contributed by atoms with E-state index in [1.807, 2.05) is 72.5 Å². The Bertz CT molecular complexity index is 1720. The number of amides is 2. The first-order valence-electron chi connectivity index (χ1n) is 13.7. The minimum Gasteiger partial charge on any atom is -0.481 e. The topological polar surface area (TPSA) is 133 Å². The number of piperidine rings is 1. The van der Waals surface area contributed by atoms with Gasteiger partial charge in [-0.1, -0.05) is 47.7 Å². The molecule has 0 unspecified atom stereocenters. The van der Waals surface area contributed by atoms with E-state index in [1.165, 1.54) is 11.3 Å². The number of carbonyl (C=O) groups excluding carboxylic acids is 1. The molecule has 212 valence electrons. The summed E-state index contributed by atoms with van der Waals surface area (Å²) >= 11 is 1.40. The van der Waals surface area contributed by atoms with Gasteiger partial charge in [0.25, 0.3) is 0 Å². The number of benzene rings is 2. The van der Waals surface area contributed by atoms with Crippen molar-refractivity contribution in [3.8, 4) is 22.4 Å². The van der Waals surface area contributed by atoms with Gasteiger partial charge in [0.2, 0.25) is 5.95 Å². The lowest BCUT2D eigenvalue weighted by molar-refractivity contribution is -0.144. The Balaban J connectivity index is 1.27. The normalized spacial score (nSPS) is 14.5. The summed E-state index contributed by atoms with van der Waals surface area (Å²) in [6.07, 6.45) is 6.25. The van der Waals surface area contributed by atoms with E-state index in [9.17, 15) is 14.7 Å². The van der Waals surface area contributed by atoms with Crippen molar-refractivity contribution in [2.45, 2.75) is 25.2 Å². The summed E-state index contributed by atoms with van der Waals surface area (Å²) in [5, 5.41) is 16.2. The number of fused-ring (bicyclic) bond motifs is 1. The molecule has 2 amide bonds. The van der Waals surface area contributed by atoms with Crippen molar-refractivity contribution in [1.29, 1.82) is 0 Å². The Labute approximate surface area is 246 Å². The van der Waals surface area contributed by atoms with Crippen LogP contribution >= 0.6 is 11.3 Å². The third-order valence-corrected chi connectivity index (χ3v) is 8.62. The Kier molecular flexibility index (Phi) is 7.49. The highest BCUT2D eigenvalue weighted by atomic mass is 32.1. The molecule has 3 aromatic heterocycles. The molecule has 0 bridgehead atoms. The minimum atomic E-state index is -0.909. The number of anilines is 2. The maximum Gasteiger partial charge on any atom is 0.321 e. The lowest BCUT2D eigenvalue weighted by Gasteiger charge is -2.39. The molecule has 42 heavy (non-hydrogen) atoms. The van der Waals surface area contributed by atoms with Crippen molar-refractivity contribution in [2.24, 2.45) is 0 Å². The Morgan fingerprint density at radius 2 is 1.71 bits per heavy atom. The van der Waals surface area contributed by atoms with Crippen molar-refractivity contribution in [1.82, 2.24) is 25.3 Å². The number of urea groups is 1. The lowest BCUT2D eigenvalue weighted by atomic mass is 9.73. The first kappa shape index (κ1) is 27.3. The Morgan fingerprint density at radius 3 is 2.38 bits per heavy atom. The molecule has 0 aliphatic carbocycles. The van der Waals surface area contributed by atoms with Crippen molar-refractivity contribution in [2.75, 3.05) is 29.9 Å². The zero-order chi connectivity index (χ0) is 29.1. The highest BCUT2D eigenvalue weighted by Gasteiger charge is 2.43. The van der Waals surface area contributed by atoms with Crippen LogP contribution in [-0.2, 0) is 10.2 Å². The third kappa shape index (κ3) is 5.26. The van der Waals surface area contributed by atoms with Gasteiger partial charge in [-0.15, -0.1) is 0 Å². The minimum absolute atomic E-state index is 0.303. The average Bonchev–Trinajstić information content (AvgIpc) is 3.43. The Hall–Kier alpha value is -4.90. The summed E-state index contributed by atoms with van der Waals surface area (Å²) in [5.41, 5.74) is 4.03. The Morgan fingerprint density at radius 1 is 0.976 bits per heavy atom. The number of carboxylic acids is 1. The summed E-state index contributed by atoms with van der Waals surface area (Å²) in [7, 11) is 0. The molecule has 5 aromatic rings. The van der Waals surface area contributed by atoms with E-state index in [4.69, 9.17) is 0 Å². The molecule has 1 aliphatic rings. The molecule has 3 N–H and O–H groups in total. The quantitative estimate of drug-likeness (QED) is 0.228. The molecule has 0 saturated carbocycles. The zero-order valence-corrected chi connectivity index (χ0v) is 23.8. The number of pyridine rings is 1. The molecule has 4 heterocycles. The van der Waals surface area contributed by atoms with Gasteiger partial charge in [0.05, 0.1) is 21.3 Å². The summed E-state index contributed by atoms with van der Waals surface area (Å²) < 4.78 is 0.912. The molecule has 2 aromatic carbocycles. The van der Waals surface area contributed by atoms with Crippen LogP contribution in [0.15, 0.2) is 79.3 Å². The summed E-state index contributed by atoms with van der Waals surface area (Å²) in [6.45, 7) is 3.45. The molecule has 10 nitrogen and oxygen atoms in total. The van der Waals surface area contributed by atoms with Crippen LogP contribution in [0.2, 0.25) is 0 Å². The highest BCUT2D eigenvalue weighted by Crippen LogP contribution is 2.39. The van der Waals surface area contributed by atoms with E-state index >= 15 is 0 Å². The largest absolute Gasteiger partial charge is 0.481 e. The van der Waals surface area contributed by atoms with E-state index in [0.717, 1.165) is 38.2 Å². The highest BCUT2D eigenvalue weighted by molar-refractivity contribution is 7.22. The van der Waals surface area contributed by atoms with E-state index in [1.54, 1.807) is 18.6 Å². The predicted molar refractivity (Wildman–Crippen MR) is 164 cm³/mol. The second kappa shape index (κ2) is 11.5. The fourth-order valence-corrected chi connectivity index (χ4v) is 6.34. The van der Waals surface area contributed by atoms with E-state index in [0.29, 0.717) is 43.6 Å². The number of hydrogen-bond donors (Lipinski definition) is 3. The first-order valence-corrected chi connectivity index (χ1v) is 14.6.